The summed E-state index contributed by atoms with van der Waals surface area (Å²) >= 11 is 0. The molecule has 0 fully saturated rings. The minimum Gasteiger partial charge on any atom is -0.308 e. The number of para-hydroxylation sites is 2. The van der Waals surface area contributed by atoms with Gasteiger partial charge in [-0.15, -0.1) is 0 Å². The Morgan fingerprint density at radius 3 is 2.23 bits per heavy atom. The van der Waals surface area contributed by atoms with Crippen LogP contribution >= 0.6 is 0 Å². The quantitative estimate of drug-likeness (QED) is 0.256. The van der Waals surface area contributed by atoms with Gasteiger partial charge in [0, 0.05) is 21.5 Å². The molecule has 0 N–H and O–H groups in total. The normalized spacial score (nSPS) is 13.2. The molecule has 0 saturated carbocycles. The summed E-state index contributed by atoms with van der Waals surface area (Å²) in [5.41, 5.74) is 9.72. The maximum Gasteiger partial charge on any atom is 0.0620 e. The molecule has 0 spiro atoms. The summed E-state index contributed by atoms with van der Waals surface area (Å²) in [6.07, 6.45) is 1.01. The van der Waals surface area contributed by atoms with E-state index < -0.39 is 0 Å². The van der Waals surface area contributed by atoms with Crippen molar-refractivity contribution in [1.82, 2.24) is 4.40 Å². The molecule has 1 aliphatic rings. The predicted molar refractivity (Wildman–Crippen MR) is 127 cm³/mol. The summed E-state index contributed by atoms with van der Waals surface area (Å²) in [7, 11) is 0. The summed E-state index contributed by atoms with van der Waals surface area (Å²) in [6.45, 7) is 0. The fourth-order valence-electron chi connectivity index (χ4n) is 5.88. The van der Waals surface area contributed by atoms with E-state index in [1.807, 2.05) is 0 Å². The second-order valence-corrected chi connectivity index (χ2v) is 8.57. The zero-order valence-corrected chi connectivity index (χ0v) is 16.3. The second kappa shape index (κ2) is 5.01. The lowest BCUT2D eigenvalue weighted by atomic mass is 9.98. The minimum absolute atomic E-state index is 1.01. The Bertz CT molecular complexity index is 1820. The van der Waals surface area contributed by atoms with Gasteiger partial charge in [-0.25, -0.2) is 0 Å². The van der Waals surface area contributed by atoms with E-state index in [0.29, 0.717) is 0 Å². The Morgan fingerprint density at radius 1 is 0.533 bits per heavy atom. The van der Waals surface area contributed by atoms with E-state index >= 15 is 0 Å². The van der Waals surface area contributed by atoms with Crippen LogP contribution in [0, 0.1) is 0 Å². The largest absolute Gasteiger partial charge is 0.308 e. The monoisotopic (exact) mass is 379 g/mol. The van der Waals surface area contributed by atoms with E-state index in [2.05, 4.69) is 95.4 Å². The van der Waals surface area contributed by atoms with Gasteiger partial charge in [0.2, 0.25) is 0 Å². The molecular weight excluding hydrogens is 362 g/mol. The maximum atomic E-state index is 2.48. The Hall–Kier alpha value is -3.84. The van der Waals surface area contributed by atoms with Crippen molar-refractivity contribution in [2.75, 3.05) is 0 Å². The molecular formula is C29H17N. The summed E-state index contributed by atoms with van der Waals surface area (Å²) < 4.78 is 2.48. The number of fused-ring (bicyclic) bond motifs is 11. The summed E-state index contributed by atoms with van der Waals surface area (Å²) in [6, 6.07) is 33.8. The maximum absolute atomic E-state index is 2.48. The fourth-order valence-corrected chi connectivity index (χ4v) is 5.88. The van der Waals surface area contributed by atoms with E-state index in [9.17, 15) is 0 Å². The Kier molecular flexibility index (Phi) is 2.51. The molecule has 1 nitrogen and oxygen atoms in total. The van der Waals surface area contributed by atoms with Crippen LogP contribution in [0.25, 0.3) is 60.0 Å². The predicted octanol–water partition coefficient (Wildman–Crippen LogP) is 7.56. The molecule has 2 aromatic heterocycles. The van der Waals surface area contributed by atoms with Crippen LogP contribution < -0.4 is 0 Å². The third-order valence-electron chi connectivity index (χ3n) is 7.15. The summed E-state index contributed by atoms with van der Waals surface area (Å²) in [5, 5.41) is 8.14. The Morgan fingerprint density at radius 2 is 1.30 bits per heavy atom. The molecule has 0 aliphatic heterocycles. The first-order valence-corrected chi connectivity index (χ1v) is 10.6. The van der Waals surface area contributed by atoms with E-state index in [1.54, 1.807) is 0 Å². The van der Waals surface area contributed by atoms with Crippen molar-refractivity contribution in [3.05, 3.63) is 102 Å². The SMILES string of the molecule is c1ccc2c3c(ccc2c1)-c1cc2c4cccc5c6ccccc6n(c2cc1C3)c54. The topological polar surface area (TPSA) is 4.41 Å². The van der Waals surface area contributed by atoms with Gasteiger partial charge >= 0.3 is 0 Å². The number of aromatic nitrogens is 1. The van der Waals surface area contributed by atoms with Crippen molar-refractivity contribution < 1.29 is 0 Å². The molecule has 1 heteroatoms. The molecule has 0 unspecified atom stereocenters. The highest BCUT2D eigenvalue weighted by Gasteiger charge is 2.24. The van der Waals surface area contributed by atoms with Crippen LogP contribution in [0.3, 0.4) is 0 Å². The summed E-state index contributed by atoms with van der Waals surface area (Å²) in [5.74, 6) is 0. The third-order valence-corrected chi connectivity index (χ3v) is 7.15. The van der Waals surface area contributed by atoms with Gasteiger partial charge in [-0.3, -0.25) is 0 Å². The lowest BCUT2D eigenvalue weighted by molar-refractivity contribution is 1.28. The summed E-state index contributed by atoms with van der Waals surface area (Å²) in [4.78, 5) is 0. The van der Waals surface area contributed by atoms with Gasteiger partial charge < -0.3 is 4.40 Å². The van der Waals surface area contributed by atoms with Crippen LogP contribution in [0.2, 0.25) is 0 Å². The number of benzene rings is 5. The van der Waals surface area contributed by atoms with Crippen LogP contribution in [-0.2, 0) is 6.42 Å². The number of nitrogens with zero attached hydrogens (tertiary/aromatic N) is 1. The van der Waals surface area contributed by atoms with Crippen molar-refractivity contribution in [3.8, 4) is 11.1 Å². The Balaban J connectivity index is 1.55. The van der Waals surface area contributed by atoms with Gasteiger partial charge in [0.1, 0.15) is 0 Å². The van der Waals surface area contributed by atoms with Gasteiger partial charge in [0.15, 0.2) is 0 Å². The number of rotatable bonds is 0. The first-order chi connectivity index (χ1) is 14.9. The fraction of sp³-hybridized carbons (Fsp3) is 0.0345. The van der Waals surface area contributed by atoms with Gasteiger partial charge in [-0.1, -0.05) is 72.8 Å². The highest BCUT2D eigenvalue weighted by atomic mass is 14.9. The van der Waals surface area contributed by atoms with Crippen molar-refractivity contribution >= 4 is 48.9 Å². The molecule has 1 aliphatic carbocycles. The van der Waals surface area contributed by atoms with Gasteiger partial charge in [0.05, 0.1) is 16.6 Å². The van der Waals surface area contributed by atoms with Crippen molar-refractivity contribution in [1.29, 1.82) is 0 Å². The average Bonchev–Trinajstić information content (AvgIpc) is 3.44. The van der Waals surface area contributed by atoms with Crippen LogP contribution in [0.5, 0.6) is 0 Å². The average molecular weight is 379 g/mol. The molecule has 138 valence electrons. The van der Waals surface area contributed by atoms with Gasteiger partial charge in [-0.2, -0.15) is 0 Å². The van der Waals surface area contributed by atoms with Crippen molar-refractivity contribution in [2.24, 2.45) is 0 Å². The van der Waals surface area contributed by atoms with E-state index in [1.165, 1.54) is 71.1 Å². The molecule has 0 radical (unpaired) electrons. The van der Waals surface area contributed by atoms with E-state index in [0.717, 1.165) is 6.42 Å². The zero-order valence-electron chi connectivity index (χ0n) is 16.3. The molecule has 0 saturated heterocycles. The number of hydrogen-bond donors (Lipinski definition) is 0. The highest BCUT2D eigenvalue weighted by molar-refractivity contribution is 6.23. The smallest absolute Gasteiger partial charge is 0.0620 e. The second-order valence-electron chi connectivity index (χ2n) is 8.57. The Labute approximate surface area is 173 Å². The first-order valence-electron chi connectivity index (χ1n) is 10.6. The molecule has 8 rings (SSSR count). The molecule has 5 aromatic carbocycles. The molecule has 2 heterocycles. The van der Waals surface area contributed by atoms with Gasteiger partial charge in [-0.05, 0) is 57.6 Å². The molecule has 0 amide bonds. The standard InChI is InChI=1S/C29H17N/c1-2-7-19-17(6-1)12-13-20-24-16-26-23-10-5-9-22-21-8-3-4-11-27(21)30(29(22)23)28(26)15-18(24)14-25(19)20/h1-13,15-16H,14H2. The van der Waals surface area contributed by atoms with Crippen LogP contribution in [0.15, 0.2) is 91.0 Å². The van der Waals surface area contributed by atoms with E-state index in [-0.39, 0.29) is 0 Å². The van der Waals surface area contributed by atoms with Crippen LogP contribution in [0.4, 0.5) is 0 Å². The lowest BCUT2D eigenvalue weighted by Gasteiger charge is -2.05. The zero-order chi connectivity index (χ0) is 19.4. The van der Waals surface area contributed by atoms with Crippen molar-refractivity contribution in [2.45, 2.75) is 6.42 Å². The third kappa shape index (κ3) is 1.63. The lowest BCUT2D eigenvalue weighted by Crippen LogP contribution is -1.85. The molecule has 7 aromatic rings. The number of hydrogen-bond acceptors (Lipinski definition) is 0. The highest BCUT2D eigenvalue weighted by Crippen LogP contribution is 2.45. The van der Waals surface area contributed by atoms with Gasteiger partial charge in [0.25, 0.3) is 0 Å². The molecule has 0 bridgehead atoms. The van der Waals surface area contributed by atoms with Crippen molar-refractivity contribution in [3.63, 3.8) is 0 Å². The first kappa shape index (κ1) is 15.1. The van der Waals surface area contributed by atoms with Crippen LogP contribution in [0.1, 0.15) is 11.1 Å². The molecule has 30 heavy (non-hydrogen) atoms. The minimum atomic E-state index is 1.01. The van der Waals surface area contributed by atoms with E-state index in [4.69, 9.17) is 0 Å². The van der Waals surface area contributed by atoms with Crippen LogP contribution in [-0.4, -0.2) is 4.40 Å². The molecule has 0 atom stereocenters.